The number of benzene rings is 2. The Balaban J connectivity index is 2.43. The summed E-state index contributed by atoms with van der Waals surface area (Å²) in [6.07, 6.45) is 0. The van der Waals surface area contributed by atoms with Crippen LogP contribution in [0.2, 0.25) is 0 Å². The van der Waals surface area contributed by atoms with Gasteiger partial charge in [-0.3, -0.25) is 4.72 Å². The molecule has 7 heteroatoms. The second kappa shape index (κ2) is 4.85. The molecule has 0 fully saturated rings. The van der Waals surface area contributed by atoms with Gasteiger partial charge in [-0.15, -0.1) is 0 Å². The number of anilines is 2. The van der Waals surface area contributed by atoms with Crippen LogP contribution in [0.25, 0.3) is 0 Å². The molecular formula is C12H10F2N2O2S. The average molecular weight is 284 g/mol. The van der Waals surface area contributed by atoms with Gasteiger partial charge in [0.25, 0.3) is 10.0 Å². The zero-order valence-electron chi connectivity index (χ0n) is 9.60. The summed E-state index contributed by atoms with van der Waals surface area (Å²) in [5.74, 6) is -2.20. The normalized spacial score (nSPS) is 11.3. The molecule has 0 aliphatic carbocycles. The zero-order valence-corrected chi connectivity index (χ0v) is 10.4. The molecule has 0 aliphatic rings. The first kappa shape index (κ1) is 13.3. The van der Waals surface area contributed by atoms with Crippen molar-refractivity contribution in [3.8, 4) is 0 Å². The highest BCUT2D eigenvalue weighted by atomic mass is 32.2. The minimum Gasteiger partial charge on any atom is -0.396 e. The standard InChI is InChI=1S/C12H10F2N2O2S/c13-9-6-10(14)12(7-11(9)15)19(17,18)16-8-4-2-1-3-5-8/h1-7,16H,15H2. The van der Waals surface area contributed by atoms with Crippen molar-refractivity contribution in [3.05, 3.63) is 54.1 Å². The Hall–Kier alpha value is -2.15. The summed E-state index contributed by atoms with van der Waals surface area (Å²) >= 11 is 0. The predicted octanol–water partition coefficient (Wildman–Crippen LogP) is 2.35. The van der Waals surface area contributed by atoms with Gasteiger partial charge in [-0.05, 0) is 18.2 Å². The SMILES string of the molecule is Nc1cc(S(=O)(=O)Nc2ccccc2)c(F)cc1F. The topological polar surface area (TPSA) is 72.2 Å². The van der Waals surface area contributed by atoms with Crippen LogP contribution in [0.5, 0.6) is 0 Å². The maximum atomic E-state index is 13.5. The van der Waals surface area contributed by atoms with Gasteiger partial charge in [0.2, 0.25) is 0 Å². The van der Waals surface area contributed by atoms with Gasteiger partial charge in [-0.25, -0.2) is 17.2 Å². The fourth-order valence-electron chi connectivity index (χ4n) is 1.47. The summed E-state index contributed by atoms with van der Waals surface area (Å²) in [7, 11) is -4.15. The van der Waals surface area contributed by atoms with Crippen LogP contribution in [0.15, 0.2) is 47.4 Å². The molecular weight excluding hydrogens is 274 g/mol. The average Bonchev–Trinajstić information content (AvgIpc) is 2.34. The van der Waals surface area contributed by atoms with Gasteiger partial charge in [0.15, 0.2) is 0 Å². The lowest BCUT2D eigenvalue weighted by atomic mass is 10.3. The van der Waals surface area contributed by atoms with Gasteiger partial charge in [0, 0.05) is 11.8 Å². The van der Waals surface area contributed by atoms with Gasteiger partial charge in [0.1, 0.15) is 16.5 Å². The molecule has 0 radical (unpaired) electrons. The van der Waals surface area contributed by atoms with Crippen LogP contribution in [0.3, 0.4) is 0 Å². The third-order valence-corrected chi connectivity index (χ3v) is 3.76. The molecule has 3 N–H and O–H groups in total. The molecule has 100 valence electrons. The number of rotatable bonds is 3. The molecule has 0 heterocycles. The molecule has 0 amide bonds. The van der Waals surface area contributed by atoms with Gasteiger partial charge < -0.3 is 5.73 Å². The molecule has 0 saturated heterocycles. The molecule has 2 aromatic rings. The molecule has 0 atom stereocenters. The van der Waals surface area contributed by atoms with Gasteiger partial charge >= 0.3 is 0 Å². The van der Waals surface area contributed by atoms with Crippen LogP contribution < -0.4 is 10.5 Å². The number of nitrogens with one attached hydrogen (secondary N) is 1. The van der Waals surface area contributed by atoms with E-state index in [-0.39, 0.29) is 5.69 Å². The highest BCUT2D eigenvalue weighted by Gasteiger charge is 2.21. The Kier molecular flexibility index (Phi) is 3.39. The van der Waals surface area contributed by atoms with E-state index in [2.05, 4.69) is 4.72 Å². The van der Waals surface area contributed by atoms with Crippen LogP contribution in [-0.2, 0) is 10.0 Å². The molecule has 0 unspecified atom stereocenters. The lowest BCUT2D eigenvalue weighted by Gasteiger charge is -2.09. The van der Waals surface area contributed by atoms with Crippen molar-refractivity contribution < 1.29 is 17.2 Å². The Bertz CT molecular complexity index is 703. The van der Waals surface area contributed by atoms with E-state index in [1.54, 1.807) is 18.2 Å². The van der Waals surface area contributed by atoms with E-state index in [1.807, 2.05) is 0 Å². The van der Waals surface area contributed by atoms with Crippen molar-refractivity contribution in [1.29, 1.82) is 0 Å². The smallest absolute Gasteiger partial charge is 0.264 e. The predicted molar refractivity (Wildman–Crippen MR) is 68.0 cm³/mol. The van der Waals surface area contributed by atoms with Crippen molar-refractivity contribution in [2.24, 2.45) is 0 Å². The summed E-state index contributed by atoms with van der Waals surface area (Å²) in [5.41, 5.74) is 5.08. The molecule has 0 aromatic heterocycles. The lowest BCUT2D eigenvalue weighted by Crippen LogP contribution is -2.15. The van der Waals surface area contributed by atoms with Crippen molar-refractivity contribution in [1.82, 2.24) is 0 Å². The Morgan fingerprint density at radius 2 is 1.63 bits per heavy atom. The zero-order chi connectivity index (χ0) is 14.0. The van der Waals surface area contributed by atoms with E-state index < -0.39 is 32.2 Å². The van der Waals surface area contributed by atoms with Crippen LogP contribution in [0.4, 0.5) is 20.2 Å². The van der Waals surface area contributed by atoms with Crippen LogP contribution >= 0.6 is 0 Å². The maximum Gasteiger partial charge on any atom is 0.264 e. The molecule has 4 nitrogen and oxygen atoms in total. The van der Waals surface area contributed by atoms with Crippen molar-refractivity contribution in [2.75, 3.05) is 10.5 Å². The van der Waals surface area contributed by atoms with E-state index in [4.69, 9.17) is 5.73 Å². The molecule has 0 aliphatic heterocycles. The number of nitrogens with two attached hydrogens (primary N) is 1. The molecule has 2 aromatic carbocycles. The van der Waals surface area contributed by atoms with E-state index in [9.17, 15) is 17.2 Å². The van der Waals surface area contributed by atoms with E-state index in [1.165, 1.54) is 12.1 Å². The Morgan fingerprint density at radius 1 is 1.00 bits per heavy atom. The Labute approximate surface area is 108 Å². The molecule has 0 bridgehead atoms. The quantitative estimate of drug-likeness (QED) is 0.850. The molecule has 0 spiro atoms. The highest BCUT2D eigenvalue weighted by Crippen LogP contribution is 2.23. The largest absolute Gasteiger partial charge is 0.396 e. The number of hydrogen-bond donors (Lipinski definition) is 2. The number of hydrogen-bond acceptors (Lipinski definition) is 3. The summed E-state index contributed by atoms with van der Waals surface area (Å²) in [6, 6.07) is 9.13. The Morgan fingerprint density at radius 3 is 2.26 bits per heavy atom. The minimum atomic E-state index is -4.15. The van der Waals surface area contributed by atoms with Gasteiger partial charge in [-0.2, -0.15) is 0 Å². The number of sulfonamides is 1. The summed E-state index contributed by atoms with van der Waals surface area (Å²) in [6.45, 7) is 0. The third kappa shape index (κ3) is 2.82. The van der Waals surface area contributed by atoms with E-state index in [0.717, 1.165) is 6.07 Å². The number of para-hydroxylation sites is 1. The van der Waals surface area contributed by atoms with E-state index >= 15 is 0 Å². The van der Waals surface area contributed by atoms with Gasteiger partial charge in [0.05, 0.1) is 5.69 Å². The number of halogens is 2. The van der Waals surface area contributed by atoms with E-state index in [0.29, 0.717) is 6.07 Å². The highest BCUT2D eigenvalue weighted by molar-refractivity contribution is 7.92. The molecule has 19 heavy (non-hydrogen) atoms. The van der Waals surface area contributed by atoms with Crippen LogP contribution in [-0.4, -0.2) is 8.42 Å². The first-order valence-corrected chi connectivity index (χ1v) is 6.71. The first-order valence-electron chi connectivity index (χ1n) is 5.22. The van der Waals surface area contributed by atoms with Crippen molar-refractivity contribution >= 4 is 21.4 Å². The fraction of sp³-hybridized carbons (Fsp3) is 0. The summed E-state index contributed by atoms with van der Waals surface area (Å²) in [5, 5.41) is 0. The third-order valence-electron chi connectivity index (χ3n) is 2.37. The summed E-state index contributed by atoms with van der Waals surface area (Å²) < 4.78 is 52.6. The lowest BCUT2D eigenvalue weighted by molar-refractivity contribution is 0.553. The van der Waals surface area contributed by atoms with Crippen LogP contribution in [0, 0.1) is 11.6 Å². The summed E-state index contributed by atoms with van der Waals surface area (Å²) in [4.78, 5) is -0.699. The monoisotopic (exact) mass is 284 g/mol. The van der Waals surface area contributed by atoms with Crippen molar-refractivity contribution in [2.45, 2.75) is 4.90 Å². The maximum absolute atomic E-state index is 13.5. The second-order valence-electron chi connectivity index (χ2n) is 3.78. The van der Waals surface area contributed by atoms with Crippen LogP contribution in [0.1, 0.15) is 0 Å². The molecule has 0 saturated carbocycles. The minimum absolute atomic E-state index is 0.268. The second-order valence-corrected chi connectivity index (χ2v) is 5.43. The first-order chi connectivity index (χ1) is 8.90. The fourth-order valence-corrected chi connectivity index (χ4v) is 2.62. The molecule has 2 rings (SSSR count). The van der Waals surface area contributed by atoms with Gasteiger partial charge in [-0.1, -0.05) is 18.2 Å². The number of nitrogen functional groups attached to an aromatic ring is 1. The van der Waals surface area contributed by atoms with Crippen molar-refractivity contribution in [3.63, 3.8) is 0 Å².